The number of carbonyl (C=O) groups is 1. The number of halogens is 1. The number of aromatic amines is 1. The Morgan fingerprint density at radius 3 is 2.31 bits per heavy atom. The van der Waals surface area contributed by atoms with Crippen LogP contribution in [-0.4, -0.2) is 23.0 Å². The van der Waals surface area contributed by atoms with Crippen molar-refractivity contribution in [3.05, 3.63) is 113 Å². The zero-order valence-electron chi connectivity index (χ0n) is 19.6. The predicted octanol–water partition coefficient (Wildman–Crippen LogP) is 1.46. The number of benzene rings is 3. The maximum atomic E-state index is 12.9. The lowest BCUT2D eigenvalue weighted by Gasteiger charge is -2.14. The van der Waals surface area contributed by atoms with Crippen molar-refractivity contribution in [1.82, 2.24) is 9.97 Å². The first-order valence-electron chi connectivity index (χ1n) is 11.3. The minimum Gasteiger partial charge on any atom is -1.00 e. The number of methoxy groups -OCH3 is 1. The lowest BCUT2D eigenvalue weighted by atomic mass is 9.95. The number of aromatic nitrogens is 2. The highest BCUT2D eigenvalue weighted by Crippen LogP contribution is 2.35. The fourth-order valence-electron chi connectivity index (χ4n) is 4.21. The lowest BCUT2D eigenvalue weighted by molar-refractivity contribution is -0.386. The molecule has 0 fully saturated rings. The molecule has 5 aromatic rings. The number of quaternary nitrogens is 1. The molecule has 0 unspecified atom stereocenters. The molecule has 7 heteroatoms. The van der Waals surface area contributed by atoms with Crippen molar-refractivity contribution in [2.45, 2.75) is 6.54 Å². The summed E-state index contributed by atoms with van der Waals surface area (Å²) < 4.78 is 4.88. The van der Waals surface area contributed by atoms with E-state index in [1.165, 1.54) is 7.11 Å². The van der Waals surface area contributed by atoms with Crippen LogP contribution in [0.15, 0.2) is 95.9 Å². The molecule has 3 aromatic carbocycles. The fraction of sp³-hybridized carbons (Fsp3) is 0.0690. The van der Waals surface area contributed by atoms with Crippen molar-refractivity contribution in [1.29, 1.82) is 0 Å². The Balaban J connectivity index is 0.00000304. The minimum absolute atomic E-state index is 0. The zero-order valence-corrected chi connectivity index (χ0v) is 20.4. The van der Waals surface area contributed by atoms with E-state index in [-0.39, 0.29) is 18.0 Å². The van der Waals surface area contributed by atoms with Crippen molar-refractivity contribution in [2.75, 3.05) is 7.11 Å². The number of carbonyl (C=O) groups excluding carboxylic acids is 1. The highest BCUT2D eigenvalue weighted by molar-refractivity contribution is 5.99. The number of hydrogen-bond donors (Lipinski definition) is 2. The molecule has 0 atom stereocenters. The number of fused-ring (bicyclic) bond motifs is 1. The Labute approximate surface area is 214 Å². The number of esters is 1. The molecule has 0 bridgehead atoms. The molecule has 4 N–H and O–H groups in total. The molecule has 0 radical (unpaired) electrons. The Morgan fingerprint density at radius 2 is 1.61 bits per heavy atom. The van der Waals surface area contributed by atoms with Crippen LogP contribution in [-0.2, 0) is 11.3 Å². The molecule has 0 aliphatic heterocycles. The van der Waals surface area contributed by atoms with E-state index in [9.17, 15) is 9.59 Å². The van der Waals surface area contributed by atoms with Crippen molar-refractivity contribution in [3.8, 4) is 33.5 Å². The third kappa shape index (κ3) is 4.64. The van der Waals surface area contributed by atoms with E-state index < -0.39 is 5.97 Å². The maximum absolute atomic E-state index is 12.9. The molecule has 0 saturated carbocycles. The summed E-state index contributed by atoms with van der Waals surface area (Å²) in [6.07, 6.45) is 1.64. The number of ether oxygens (including phenoxy) is 1. The summed E-state index contributed by atoms with van der Waals surface area (Å²) in [6, 6.07) is 27.1. The molecule has 0 spiro atoms. The lowest BCUT2D eigenvalue weighted by Crippen LogP contribution is -3.00. The van der Waals surface area contributed by atoms with Crippen LogP contribution in [0.25, 0.3) is 44.4 Å². The number of rotatable bonds is 5. The third-order valence-corrected chi connectivity index (χ3v) is 6.07. The number of nitrogens with one attached hydrogen (secondary N) is 1. The van der Waals surface area contributed by atoms with Gasteiger partial charge in [0.1, 0.15) is 0 Å². The zero-order chi connectivity index (χ0) is 24.4. The molecule has 0 saturated heterocycles. The second-order valence-electron chi connectivity index (χ2n) is 8.20. The second kappa shape index (κ2) is 10.6. The van der Waals surface area contributed by atoms with E-state index in [4.69, 9.17) is 9.72 Å². The SMILES string of the molecule is COC(=O)c1cccc(-c2c[nH]c(=O)c3cc(-c4ccccc4)c(-c4ccc(C[NH3+])cc4)nc23)c1.[Cl-]. The Kier molecular flexibility index (Phi) is 7.29. The van der Waals surface area contributed by atoms with Gasteiger partial charge >= 0.3 is 5.97 Å². The molecule has 2 aromatic heterocycles. The van der Waals surface area contributed by atoms with Gasteiger partial charge < -0.3 is 27.9 Å². The van der Waals surface area contributed by atoms with Gasteiger partial charge in [-0.05, 0) is 29.3 Å². The molecule has 0 amide bonds. The van der Waals surface area contributed by atoms with Gasteiger partial charge in [0.2, 0.25) is 0 Å². The molecule has 2 heterocycles. The highest BCUT2D eigenvalue weighted by Gasteiger charge is 2.17. The van der Waals surface area contributed by atoms with Crippen molar-refractivity contribution in [3.63, 3.8) is 0 Å². The van der Waals surface area contributed by atoms with Gasteiger partial charge in [0.25, 0.3) is 5.56 Å². The number of H-pyrrole nitrogens is 1. The summed E-state index contributed by atoms with van der Waals surface area (Å²) in [5, 5.41) is 0.475. The molecule has 180 valence electrons. The van der Waals surface area contributed by atoms with Crippen LogP contribution in [0.5, 0.6) is 0 Å². The first kappa shape index (κ1) is 24.9. The Hall–Kier alpha value is -4.26. The van der Waals surface area contributed by atoms with Crippen LogP contribution in [0, 0.1) is 0 Å². The average Bonchev–Trinajstić information content (AvgIpc) is 2.93. The van der Waals surface area contributed by atoms with Crippen molar-refractivity contribution in [2.24, 2.45) is 0 Å². The quantitative estimate of drug-likeness (QED) is 0.359. The van der Waals surface area contributed by atoms with Crippen molar-refractivity contribution >= 4 is 16.9 Å². The summed E-state index contributed by atoms with van der Waals surface area (Å²) in [5.74, 6) is -0.425. The summed E-state index contributed by atoms with van der Waals surface area (Å²) in [6.45, 7) is 0.701. The standard InChI is InChI=1S/C29H23N3O3.ClH/c1-35-29(34)22-9-5-8-21(14-22)25-17-31-28(33)24-15-23(19-6-3-2-4-7-19)26(32-27(24)25)20-12-10-18(16-30)11-13-20;/h2-15,17H,16,30H2,1H3,(H,31,33);1H. The first-order chi connectivity index (χ1) is 17.1. The predicted molar refractivity (Wildman–Crippen MR) is 137 cm³/mol. The van der Waals surface area contributed by atoms with E-state index in [1.807, 2.05) is 66.7 Å². The van der Waals surface area contributed by atoms with Gasteiger partial charge in [-0.15, -0.1) is 0 Å². The Bertz CT molecular complexity index is 1600. The Morgan fingerprint density at radius 1 is 0.889 bits per heavy atom. The molecular formula is C29H24ClN3O3. The van der Waals surface area contributed by atoms with E-state index in [1.54, 1.807) is 24.4 Å². The molecule has 36 heavy (non-hydrogen) atoms. The fourth-order valence-corrected chi connectivity index (χ4v) is 4.21. The monoisotopic (exact) mass is 497 g/mol. The number of nitrogens with zero attached hydrogens (tertiary/aromatic N) is 1. The third-order valence-electron chi connectivity index (χ3n) is 6.07. The highest BCUT2D eigenvalue weighted by atomic mass is 35.5. The first-order valence-corrected chi connectivity index (χ1v) is 11.3. The van der Waals surface area contributed by atoms with Crippen LogP contribution >= 0.6 is 0 Å². The van der Waals surface area contributed by atoms with Crippen LogP contribution < -0.4 is 23.7 Å². The van der Waals surface area contributed by atoms with Crippen LogP contribution in [0.2, 0.25) is 0 Å². The van der Waals surface area contributed by atoms with Gasteiger partial charge in [-0.2, -0.15) is 0 Å². The summed E-state index contributed by atoms with van der Waals surface area (Å²) in [7, 11) is 1.35. The summed E-state index contributed by atoms with van der Waals surface area (Å²) in [5.41, 5.74) is 10.9. The second-order valence-corrected chi connectivity index (χ2v) is 8.20. The van der Waals surface area contributed by atoms with Crippen LogP contribution in [0.3, 0.4) is 0 Å². The van der Waals surface area contributed by atoms with E-state index >= 15 is 0 Å². The van der Waals surface area contributed by atoms with Gasteiger partial charge in [0.15, 0.2) is 0 Å². The number of pyridine rings is 2. The van der Waals surface area contributed by atoms with E-state index in [2.05, 4.69) is 10.7 Å². The van der Waals surface area contributed by atoms with Gasteiger partial charge in [-0.25, -0.2) is 9.78 Å². The molecule has 6 nitrogen and oxygen atoms in total. The molecular weight excluding hydrogens is 474 g/mol. The van der Waals surface area contributed by atoms with Crippen LogP contribution in [0.1, 0.15) is 15.9 Å². The number of hydrogen-bond acceptors (Lipinski definition) is 4. The van der Waals surface area contributed by atoms with Crippen LogP contribution in [0.4, 0.5) is 0 Å². The van der Waals surface area contributed by atoms with E-state index in [0.717, 1.165) is 39.1 Å². The maximum Gasteiger partial charge on any atom is 0.337 e. The van der Waals surface area contributed by atoms with E-state index in [0.29, 0.717) is 23.0 Å². The minimum atomic E-state index is -0.425. The van der Waals surface area contributed by atoms with Gasteiger partial charge in [-0.3, -0.25) is 4.79 Å². The molecule has 0 aliphatic carbocycles. The van der Waals surface area contributed by atoms with Gasteiger partial charge in [-0.1, -0.05) is 66.7 Å². The molecule has 5 rings (SSSR count). The summed E-state index contributed by atoms with van der Waals surface area (Å²) in [4.78, 5) is 32.9. The van der Waals surface area contributed by atoms with Crippen molar-refractivity contribution < 1.29 is 27.7 Å². The van der Waals surface area contributed by atoms with Gasteiger partial charge in [0.05, 0.1) is 35.8 Å². The normalized spacial score (nSPS) is 10.6. The average molecular weight is 498 g/mol. The topological polar surface area (TPSA) is 99.7 Å². The smallest absolute Gasteiger partial charge is 0.337 e. The molecule has 0 aliphatic rings. The summed E-state index contributed by atoms with van der Waals surface area (Å²) >= 11 is 0. The largest absolute Gasteiger partial charge is 1.00 e. The van der Waals surface area contributed by atoms with Gasteiger partial charge in [0, 0.05) is 28.5 Å².